The summed E-state index contributed by atoms with van der Waals surface area (Å²) < 4.78 is 1.35. The quantitative estimate of drug-likeness (QED) is 0.799. The average molecular weight is 258 g/mol. The van der Waals surface area contributed by atoms with Crippen molar-refractivity contribution in [2.24, 2.45) is 0 Å². The molecule has 19 heavy (non-hydrogen) atoms. The lowest BCUT2D eigenvalue weighted by Crippen LogP contribution is -2.35. The van der Waals surface area contributed by atoms with Crippen LogP contribution < -0.4 is 5.56 Å². The van der Waals surface area contributed by atoms with E-state index in [1.807, 2.05) is 0 Å². The summed E-state index contributed by atoms with van der Waals surface area (Å²) in [4.78, 5) is 34.0. The molecule has 1 aliphatic rings. The van der Waals surface area contributed by atoms with Gasteiger partial charge in [0, 0.05) is 19.3 Å². The summed E-state index contributed by atoms with van der Waals surface area (Å²) in [5.41, 5.74) is 0.344. The lowest BCUT2D eigenvalue weighted by molar-refractivity contribution is -0.131. The third kappa shape index (κ3) is 2.21. The minimum atomic E-state index is -0.204. The first-order valence-electron chi connectivity index (χ1n) is 6.21. The monoisotopic (exact) mass is 258 g/mol. The number of hydrogen-bond donors (Lipinski definition) is 0. The van der Waals surface area contributed by atoms with Crippen molar-refractivity contribution < 1.29 is 4.79 Å². The van der Waals surface area contributed by atoms with Crippen LogP contribution in [0.25, 0.3) is 10.9 Å². The molecule has 0 radical (unpaired) electrons. The van der Waals surface area contributed by atoms with E-state index in [1.54, 1.807) is 30.4 Å². The minimum absolute atomic E-state index is 0.0388. The van der Waals surface area contributed by atoms with Crippen LogP contribution in [0.4, 0.5) is 0 Å². The van der Waals surface area contributed by atoms with Crippen molar-refractivity contribution >= 4 is 16.8 Å². The molecule has 2 aromatic rings. The Hall–Kier alpha value is -2.24. The fraction of sp³-hybridized carbons (Fsp3) is 0.385. The van der Waals surface area contributed by atoms with Crippen LogP contribution in [0.5, 0.6) is 0 Å². The zero-order chi connectivity index (χ0) is 13.4. The number of fused-ring (bicyclic) bond motifs is 1. The molecule has 0 bridgehead atoms. The first-order valence-corrected chi connectivity index (χ1v) is 6.21. The summed E-state index contributed by atoms with van der Waals surface area (Å²) >= 11 is 0. The van der Waals surface area contributed by atoms with Crippen LogP contribution in [0, 0.1) is 0 Å². The Labute approximate surface area is 109 Å². The van der Waals surface area contributed by atoms with E-state index in [9.17, 15) is 9.59 Å². The molecule has 0 saturated heterocycles. The molecule has 1 fully saturated rings. The topological polar surface area (TPSA) is 68.1 Å². The van der Waals surface area contributed by atoms with Gasteiger partial charge in [-0.05, 0) is 18.9 Å². The van der Waals surface area contributed by atoms with E-state index in [0.29, 0.717) is 16.9 Å². The number of carbonyl (C=O) groups is 1. The van der Waals surface area contributed by atoms with Gasteiger partial charge in [0.05, 0.1) is 23.4 Å². The number of carbonyl (C=O) groups excluding carboxylic acids is 1. The predicted molar refractivity (Wildman–Crippen MR) is 69.6 cm³/mol. The molecule has 0 N–H and O–H groups in total. The van der Waals surface area contributed by atoms with Crippen molar-refractivity contribution in [1.29, 1.82) is 0 Å². The fourth-order valence-electron chi connectivity index (χ4n) is 2.04. The van der Waals surface area contributed by atoms with Gasteiger partial charge in [-0.25, -0.2) is 4.98 Å². The van der Waals surface area contributed by atoms with E-state index in [1.165, 1.54) is 10.9 Å². The molecular formula is C13H14N4O2. The Morgan fingerprint density at radius 3 is 3.05 bits per heavy atom. The zero-order valence-electron chi connectivity index (χ0n) is 10.6. The number of rotatable bonds is 3. The normalized spacial score (nSPS) is 14.6. The van der Waals surface area contributed by atoms with Crippen LogP contribution in [0.3, 0.4) is 0 Å². The molecule has 1 amide bonds. The summed E-state index contributed by atoms with van der Waals surface area (Å²) in [5.74, 6) is -0.0557. The fourth-order valence-corrected chi connectivity index (χ4v) is 2.04. The van der Waals surface area contributed by atoms with Crippen molar-refractivity contribution in [2.45, 2.75) is 25.4 Å². The molecule has 1 aliphatic carbocycles. The first kappa shape index (κ1) is 11.8. The molecular weight excluding hydrogens is 244 g/mol. The maximum atomic E-state index is 12.2. The first-order chi connectivity index (χ1) is 9.16. The van der Waals surface area contributed by atoms with Gasteiger partial charge in [0.1, 0.15) is 6.54 Å². The number of aromatic nitrogens is 3. The molecule has 0 aromatic carbocycles. The van der Waals surface area contributed by atoms with Crippen LogP contribution in [0.1, 0.15) is 12.8 Å². The SMILES string of the molecule is CN(C(=O)Cn1cnc2cnccc2c1=O)C1CC1. The molecule has 0 spiro atoms. The largest absolute Gasteiger partial charge is 0.341 e. The van der Waals surface area contributed by atoms with Crippen LogP contribution >= 0.6 is 0 Å². The second-order valence-electron chi connectivity index (χ2n) is 4.81. The van der Waals surface area contributed by atoms with Crippen LogP contribution in [-0.4, -0.2) is 38.4 Å². The number of hydrogen-bond acceptors (Lipinski definition) is 4. The van der Waals surface area contributed by atoms with Crippen molar-refractivity contribution in [3.63, 3.8) is 0 Å². The van der Waals surface area contributed by atoms with E-state index in [4.69, 9.17) is 0 Å². The van der Waals surface area contributed by atoms with Gasteiger partial charge in [0.15, 0.2) is 0 Å². The molecule has 0 aliphatic heterocycles. The smallest absolute Gasteiger partial charge is 0.261 e. The van der Waals surface area contributed by atoms with E-state index in [2.05, 4.69) is 9.97 Å². The Kier molecular flexibility index (Phi) is 2.77. The van der Waals surface area contributed by atoms with Crippen molar-refractivity contribution in [1.82, 2.24) is 19.4 Å². The number of nitrogens with zero attached hydrogens (tertiary/aromatic N) is 4. The van der Waals surface area contributed by atoms with Crippen molar-refractivity contribution in [3.8, 4) is 0 Å². The van der Waals surface area contributed by atoms with Gasteiger partial charge in [-0.1, -0.05) is 0 Å². The highest BCUT2D eigenvalue weighted by molar-refractivity contribution is 5.78. The standard InChI is InChI=1S/C13H14N4O2/c1-16(9-2-3-9)12(18)7-17-8-15-11-6-14-5-4-10(11)13(17)19/h4-6,8-9H,2-3,7H2,1H3. The number of pyridine rings is 1. The highest BCUT2D eigenvalue weighted by Crippen LogP contribution is 2.25. The van der Waals surface area contributed by atoms with E-state index in [-0.39, 0.29) is 18.0 Å². The Bertz CT molecular complexity index is 690. The summed E-state index contributed by atoms with van der Waals surface area (Å²) in [6.07, 6.45) is 6.61. The molecule has 6 heteroatoms. The molecule has 98 valence electrons. The molecule has 6 nitrogen and oxygen atoms in total. The van der Waals surface area contributed by atoms with Crippen molar-refractivity contribution in [2.75, 3.05) is 7.05 Å². The summed E-state index contributed by atoms with van der Waals surface area (Å²) in [7, 11) is 1.78. The van der Waals surface area contributed by atoms with Crippen molar-refractivity contribution in [3.05, 3.63) is 35.1 Å². The molecule has 2 heterocycles. The molecule has 0 atom stereocenters. The number of amides is 1. The van der Waals surface area contributed by atoms with Gasteiger partial charge in [0.2, 0.25) is 5.91 Å². The highest BCUT2D eigenvalue weighted by Gasteiger charge is 2.29. The second-order valence-corrected chi connectivity index (χ2v) is 4.81. The lowest BCUT2D eigenvalue weighted by atomic mass is 10.3. The van der Waals surface area contributed by atoms with Gasteiger partial charge in [-0.3, -0.25) is 19.1 Å². The third-order valence-electron chi connectivity index (χ3n) is 3.42. The number of likely N-dealkylation sites (N-methyl/N-ethyl adjacent to an activating group) is 1. The van der Waals surface area contributed by atoms with Gasteiger partial charge in [0.25, 0.3) is 5.56 Å². The van der Waals surface area contributed by atoms with Gasteiger partial charge in [-0.2, -0.15) is 0 Å². The molecule has 3 rings (SSSR count). The maximum absolute atomic E-state index is 12.2. The highest BCUT2D eigenvalue weighted by atomic mass is 16.2. The molecule has 1 saturated carbocycles. The Balaban J connectivity index is 1.90. The Morgan fingerprint density at radius 1 is 1.53 bits per heavy atom. The maximum Gasteiger partial charge on any atom is 0.261 e. The molecule has 2 aromatic heterocycles. The van der Waals surface area contributed by atoms with Crippen LogP contribution in [0.15, 0.2) is 29.6 Å². The average Bonchev–Trinajstić information content (AvgIpc) is 3.26. The Morgan fingerprint density at radius 2 is 2.32 bits per heavy atom. The molecule has 0 unspecified atom stereocenters. The summed E-state index contributed by atoms with van der Waals surface area (Å²) in [6, 6.07) is 1.97. The predicted octanol–water partition coefficient (Wildman–Crippen LogP) is 0.412. The minimum Gasteiger partial charge on any atom is -0.341 e. The lowest BCUT2D eigenvalue weighted by Gasteiger charge is -2.16. The van der Waals surface area contributed by atoms with Gasteiger partial charge >= 0.3 is 0 Å². The zero-order valence-corrected chi connectivity index (χ0v) is 10.6. The van der Waals surface area contributed by atoms with E-state index >= 15 is 0 Å². The second kappa shape index (κ2) is 4.46. The third-order valence-corrected chi connectivity index (χ3v) is 3.42. The van der Waals surface area contributed by atoms with E-state index in [0.717, 1.165) is 12.8 Å². The van der Waals surface area contributed by atoms with Gasteiger partial charge in [-0.15, -0.1) is 0 Å². The summed E-state index contributed by atoms with van der Waals surface area (Å²) in [5, 5.41) is 0.486. The van der Waals surface area contributed by atoms with Crippen LogP contribution in [0.2, 0.25) is 0 Å². The summed E-state index contributed by atoms with van der Waals surface area (Å²) in [6.45, 7) is 0.0388. The van der Waals surface area contributed by atoms with Gasteiger partial charge < -0.3 is 4.90 Å². The van der Waals surface area contributed by atoms with E-state index < -0.39 is 0 Å². The van der Waals surface area contributed by atoms with Crippen LogP contribution in [-0.2, 0) is 11.3 Å².